The minimum atomic E-state index is -0.528. The second kappa shape index (κ2) is 11.0. The van der Waals surface area contributed by atoms with Crippen molar-refractivity contribution in [3.63, 3.8) is 0 Å². The van der Waals surface area contributed by atoms with Gasteiger partial charge in [-0.2, -0.15) is 14.9 Å². The summed E-state index contributed by atoms with van der Waals surface area (Å²) in [4.78, 5) is 29.8. The molecule has 1 aromatic carbocycles. The minimum absolute atomic E-state index is 0.0408. The van der Waals surface area contributed by atoms with Crippen LogP contribution in [0.15, 0.2) is 40.7 Å². The van der Waals surface area contributed by atoms with Gasteiger partial charge in [0.25, 0.3) is 11.5 Å². The maximum absolute atomic E-state index is 12.7. The van der Waals surface area contributed by atoms with Gasteiger partial charge in [-0.3, -0.25) is 14.9 Å². The summed E-state index contributed by atoms with van der Waals surface area (Å²) in [7, 11) is 0. The van der Waals surface area contributed by atoms with E-state index in [0.717, 1.165) is 22.9 Å². The zero-order valence-electron chi connectivity index (χ0n) is 20.0. The lowest BCUT2D eigenvalue weighted by Gasteiger charge is -2.18. The van der Waals surface area contributed by atoms with Gasteiger partial charge < -0.3 is 4.74 Å². The molecule has 1 aliphatic carbocycles. The van der Waals surface area contributed by atoms with E-state index >= 15 is 0 Å². The molecule has 4 aromatic rings. The van der Waals surface area contributed by atoms with E-state index in [2.05, 4.69) is 25.6 Å². The van der Waals surface area contributed by atoms with Crippen LogP contribution in [0.5, 0.6) is 5.75 Å². The van der Waals surface area contributed by atoms with Crippen LogP contribution >= 0.6 is 22.7 Å². The summed E-state index contributed by atoms with van der Waals surface area (Å²) in [6.07, 6.45) is 7.34. The van der Waals surface area contributed by atoms with Crippen LogP contribution in [0, 0.1) is 18.3 Å². The maximum Gasteiger partial charge on any atom is 0.275 e. The van der Waals surface area contributed by atoms with E-state index in [1.165, 1.54) is 58.6 Å². The fourth-order valence-electron chi connectivity index (χ4n) is 4.12. The molecule has 0 spiro atoms. The molecule has 5 rings (SSSR count). The first-order chi connectivity index (χ1) is 18.0. The van der Waals surface area contributed by atoms with Crippen molar-refractivity contribution >= 4 is 44.7 Å². The van der Waals surface area contributed by atoms with Crippen LogP contribution in [0.25, 0.3) is 11.0 Å². The molecule has 3 heterocycles. The largest absolute Gasteiger partial charge is 0.487 e. The number of nitrogens with zero attached hydrogens (tertiary/aromatic N) is 6. The summed E-state index contributed by atoms with van der Waals surface area (Å²) in [5.74, 6) is 0.437. The van der Waals surface area contributed by atoms with Gasteiger partial charge in [0.05, 0.1) is 5.69 Å². The molecule has 0 saturated heterocycles. The Kier molecular flexibility index (Phi) is 7.34. The van der Waals surface area contributed by atoms with Gasteiger partial charge in [-0.25, -0.2) is 4.98 Å². The average molecular weight is 534 g/mol. The first-order valence-electron chi connectivity index (χ1n) is 11.8. The van der Waals surface area contributed by atoms with E-state index in [-0.39, 0.29) is 17.7 Å². The number of carbonyl (C=O) groups is 1. The van der Waals surface area contributed by atoms with E-state index in [1.54, 1.807) is 24.3 Å². The zero-order chi connectivity index (χ0) is 25.8. The molecule has 3 aromatic heterocycles. The summed E-state index contributed by atoms with van der Waals surface area (Å²) < 4.78 is 7.03. The van der Waals surface area contributed by atoms with Crippen LogP contribution in [-0.4, -0.2) is 30.7 Å². The Morgan fingerprint density at radius 1 is 1.22 bits per heavy atom. The number of hydrogen-bond acceptors (Lipinski definition) is 10. The maximum atomic E-state index is 12.7. The number of nitrogens with one attached hydrogen (secondary N) is 1. The summed E-state index contributed by atoms with van der Waals surface area (Å²) in [6, 6.07) is 10.3. The van der Waals surface area contributed by atoms with Gasteiger partial charge in [-0.15, -0.1) is 10.2 Å². The number of anilines is 1. The van der Waals surface area contributed by atoms with Crippen molar-refractivity contribution in [2.75, 3.05) is 5.32 Å². The molecule has 0 aliphatic heterocycles. The zero-order valence-corrected chi connectivity index (χ0v) is 21.6. The normalized spacial score (nSPS) is 14.4. The van der Waals surface area contributed by atoms with E-state index in [1.807, 2.05) is 13.0 Å². The molecule has 37 heavy (non-hydrogen) atoms. The summed E-state index contributed by atoms with van der Waals surface area (Å²) >= 11 is 2.71. The Morgan fingerprint density at radius 3 is 2.76 bits per heavy atom. The standard InChI is InChI=1S/C25H23N7O3S2/c1-15-31-32-21(33)12-19(27-25(32)36-15)14-35-20-9-7-16(8-10-20)11-18(13-26)22(34)28-24-30-29-23(37-24)17-5-3-2-4-6-17/h7-12,17H,2-6,14H2,1H3,(H,28,30,34)/b18-11-. The number of amides is 1. The van der Waals surface area contributed by atoms with Crippen molar-refractivity contribution in [1.29, 1.82) is 5.26 Å². The summed E-state index contributed by atoms with van der Waals surface area (Å²) in [5.41, 5.74) is 0.872. The number of benzene rings is 1. The molecule has 1 saturated carbocycles. The smallest absolute Gasteiger partial charge is 0.275 e. The third-order valence-electron chi connectivity index (χ3n) is 5.96. The highest BCUT2D eigenvalue weighted by Crippen LogP contribution is 2.35. The molecule has 1 aliphatic rings. The number of nitriles is 1. The topological polar surface area (TPSA) is 135 Å². The van der Waals surface area contributed by atoms with Crippen LogP contribution in [0.2, 0.25) is 0 Å². The van der Waals surface area contributed by atoms with Gasteiger partial charge in [-0.05, 0) is 43.5 Å². The van der Waals surface area contributed by atoms with Crippen LogP contribution in [0.3, 0.4) is 0 Å². The second-order valence-electron chi connectivity index (χ2n) is 8.66. The van der Waals surface area contributed by atoms with E-state index < -0.39 is 5.91 Å². The molecule has 1 N–H and O–H groups in total. The third-order valence-corrected chi connectivity index (χ3v) is 7.78. The summed E-state index contributed by atoms with van der Waals surface area (Å²) in [6.45, 7) is 1.94. The predicted octanol–water partition coefficient (Wildman–Crippen LogP) is 4.48. The molecule has 10 nitrogen and oxygen atoms in total. The third kappa shape index (κ3) is 5.90. The number of aromatic nitrogens is 5. The monoisotopic (exact) mass is 533 g/mol. The predicted molar refractivity (Wildman–Crippen MR) is 141 cm³/mol. The molecule has 0 unspecified atom stereocenters. The Labute approximate surface area is 220 Å². The Balaban J connectivity index is 1.21. The van der Waals surface area contributed by atoms with Crippen molar-refractivity contribution < 1.29 is 9.53 Å². The highest BCUT2D eigenvalue weighted by atomic mass is 32.1. The quantitative estimate of drug-likeness (QED) is 0.271. The number of rotatable bonds is 7. The van der Waals surface area contributed by atoms with Crippen LogP contribution in [0.4, 0.5) is 5.13 Å². The van der Waals surface area contributed by atoms with E-state index in [0.29, 0.717) is 33.0 Å². The number of ether oxygens (including phenoxy) is 1. The van der Waals surface area contributed by atoms with Gasteiger partial charge in [0.2, 0.25) is 10.1 Å². The number of carbonyl (C=O) groups excluding carboxylic acids is 1. The molecule has 12 heteroatoms. The van der Waals surface area contributed by atoms with Crippen molar-refractivity contribution in [2.24, 2.45) is 0 Å². The van der Waals surface area contributed by atoms with Gasteiger partial charge in [0, 0.05) is 12.0 Å². The summed E-state index contributed by atoms with van der Waals surface area (Å²) in [5, 5.41) is 26.8. The lowest BCUT2D eigenvalue weighted by Crippen LogP contribution is -2.16. The van der Waals surface area contributed by atoms with Crippen molar-refractivity contribution in [3.05, 3.63) is 67.5 Å². The molecule has 188 valence electrons. The number of fused-ring (bicyclic) bond motifs is 1. The molecular formula is C25H23N7O3S2. The Hall–Kier alpha value is -3.95. The van der Waals surface area contributed by atoms with Crippen molar-refractivity contribution in [1.82, 2.24) is 24.8 Å². The highest BCUT2D eigenvalue weighted by molar-refractivity contribution is 7.16. The molecule has 1 fully saturated rings. The SMILES string of the molecule is Cc1nn2c(=O)cc(COc3ccc(/C=C(/C#N)C(=O)Nc4nnc(C5CCCCC5)s4)cc3)nc2s1. The molecular weight excluding hydrogens is 510 g/mol. The van der Waals surface area contributed by atoms with Gasteiger partial charge in [0.1, 0.15) is 34.0 Å². The average Bonchev–Trinajstić information content (AvgIpc) is 3.53. The first kappa shape index (κ1) is 24.7. The van der Waals surface area contributed by atoms with Crippen LogP contribution in [0.1, 0.15) is 59.3 Å². The fourth-order valence-corrected chi connectivity index (χ4v) is 5.80. The number of aryl methyl sites for hydroxylation is 1. The first-order valence-corrected chi connectivity index (χ1v) is 13.5. The lowest BCUT2D eigenvalue weighted by atomic mass is 9.90. The Bertz CT molecular complexity index is 1560. The molecule has 0 atom stereocenters. The molecule has 0 bridgehead atoms. The van der Waals surface area contributed by atoms with Gasteiger partial charge in [-0.1, -0.05) is 54.1 Å². The molecule has 0 radical (unpaired) electrons. The molecule has 1 amide bonds. The highest BCUT2D eigenvalue weighted by Gasteiger charge is 2.21. The number of hydrogen-bond donors (Lipinski definition) is 1. The van der Waals surface area contributed by atoms with E-state index in [4.69, 9.17) is 4.74 Å². The second-order valence-corrected chi connectivity index (χ2v) is 10.8. The van der Waals surface area contributed by atoms with Gasteiger partial charge >= 0.3 is 0 Å². The van der Waals surface area contributed by atoms with Crippen molar-refractivity contribution in [2.45, 2.75) is 51.6 Å². The Morgan fingerprint density at radius 2 is 2.00 bits per heavy atom. The van der Waals surface area contributed by atoms with E-state index in [9.17, 15) is 14.9 Å². The minimum Gasteiger partial charge on any atom is -0.487 e. The van der Waals surface area contributed by atoms with Crippen LogP contribution < -0.4 is 15.6 Å². The van der Waals surface area contributed by atoms with Crippen LogP contribution in [-0.2, 0) is 11.4 Å². The fraction of sp³-hybridized carbons (Fsp3) is 0.320. The van der Waals surface area contributed by atoms with Gasteiger partial charge in [0.15, 0.2) is 0 Å². The van der Waals surface area contributed by atoms with Crippen molar-refractivity contribution in [3.8, 4) is 11.8 Å². The lowest BCUT2D eigenvalue weighted by molar-refractivity contribution is -0.112.